The molecule has 0 aliphatic carbocycles. The second-order valence-corrected chi connectivity index (χ2v) is 1.82. The van der Waals surface area contributed by atoms with Gasteiger partial charge in [0.2, 0.25) is 0 Å². The second-order valence-electron chi connectivity index (χ2n) is 1.82. The van der Waals surface area contributed by atoms with Gasteiger partial charge in [-0.3, -0.25) is 4.79 Å². The van der Waals surface area contributed by atoms with Crippen LogP contribution in [0.2, 0.25) is 0 Å². The van der Waals surface area contributed by atoms with E-state index < -0.39 is 0 Å². The van der Waals surface area contributed by atoms with E-state index in [0.717, 1.165) is 0 Å². The van der Waals surface area contributed by atoms with Crippen LogP contribution >= 0.6 is 0 Å². The summed E-state index contributed by atoms with van der Waals surface area (Å²) in [6.07, 6.45) is 1.47. The molecule has 0 atom stereocenters. The summed E-state index contributed by atoms with van der Waals surface area (Å²) in [5.74, 6) is 0. The van der Waals surface area contributed by atoms with Crippen molar-refractivity contribution in [1.29, 1.82) is 0 Å². The Hall–Kier alpha value is -1.25. The largest absolute Gasteiger partial charge is 0.397 e. The molecular weight excluding hydrogens is 116 g/mol. The van der Waals surface area contributed by atoms with Crippen molar-refractivity contribution in [1.82, 2.24) is 4.98 Å². The average molecular weight is 123 g/mol. The van der Waals surface area contributed by atoms with Gasteiger partial charge in [-0.05, 0) is 12.5 Å². The lowest BCUT2D eigenvalue weighted by Gasteiger charge is -1.93. The number of H-pyrrole nitrogens is 1. The zero-order chi connectivity index (χ0) is 6.85. The van der Waals surface area contributed by atoms with Gasteiger partial charge in [-0.2, -0.15) is 0 Å². The molecule has 3 nitrogen and oxygen atoms in total. The van der Waals surface area contributed by atoms with E-state index in [1.54, 1.807) is 6.92 Å². The Bertz CT molecular complexity index is 264. The van der Waals surface area contributed by atoms with E-state index in [-0.39, 0.29) is 5.56 Å². The van der Waals surface area contributed by atoms with Gasteiger partial charge < -0.3 is 10.7 Å². The Labute approximate surface area is 52.5 Å². The first kappa shape index (κ1) is 5.88. The molecule has 3 N–H and O–H groups in total. The summed E-state index contributed by atoms with van der Waals surface area (Å²) in [5, 5.41) is 0. The Morgan fingerprint density at radius 3 is 2.89 bits per heavy atom. The summed E-state index contributed by atoms with van der Waals surface area (Å²) >= 11 is 0. The van der Waals surface area contributed by atoms with Gasteiger partial charge >= 0.3 is 0 Å². The van der Waals surface area contributed by atoms with Crippen molar-refractivity contribution in [3.8, 4) is 0 Å². The zero-order valence-corrected chi connectivity index (χ0v) is 5.06. The van der Waals surface area contributed by atoms with Gasteiger partial charge in [-0.15, -0.1) is 0 Å². The summed E-state index contributed by atoms with van der Waals surface area (Å²) in [6, 6.07) is 2.50. The van der Waals surface area contributed by atoms with Crippen LogP contribution in [-0.2, 0) is 0 Å². The van der Waals surface area contributed by atoms with Gasteiger partial charge in [-0.1, -0.05) is 0 Å². The smallest absolute Gasteiger partial charge is 0.256 e. The molecule has 9 heavy (non-hydrogen) atoms. The van der Waals surface area contributed by atoms with Crippen molar-refractivity contribution in [2.24, 2.45) is 0 Å². The van der Waals surface area contributed by atoms with Crippen molar-refractivity contribution in [2.45, 2.75) is 6.92 Å². The van der Waals surface area contributed by atoms with Gasteiger partial charge in [0.05, 0.1) is 11.8 Å². The minimum atomic E-state index is -0.235. The SMILES string of the molecule is Cc1[c]c(=O)[nH]cc1N. The Morgan fingerprint density at radius 1 is 1.78 bits per heavy atom. The van der Waals surface area contributed by atoms with Crippen molar-refractivity contribution in [3.63, 3.8) is 0 Å². The van der Waals surface area contributed by atoms with Crippen molar-refractivity contribution in [3.05, 3.63) is 28.2 Å². The van der Waals surface area contributed by atoms with Crippen LogP contribution in [0, 0.1) is 13.0 Å². The van der Waals surface area contributed by atoms with Crippen LogP contribution in [-0.4, -0.2) is 4.98 Å². The number of aryl methyl sites for hydroxylation is 1. The first-order valence-electron chi connectivity index (χ1n) is 2.57. The molecule has 3 heteroatoms. The molecule has 0 aliphatic heterocycles. The number of aromatic amines is 1. The van der Waals surface area contributed by atoms with E-state index in [4.69, 9.17) is 5.73 Å². The molecule has 0 spiro atoms. The van der Waals surface area contributed by atoms with Crippen LogP contribution in [0.4, 0.5) is 5.69 Å². The molecule has 0 saturated carbocycles. The Morgan fingerprint density at radius 2 is 2.44 bits per heavy atom. The first-order chi connectivity index (χ1) is 4.20. The molecule has 0 aromatic carbocycles. The molecule has 0 amide bonds. The summed E-state index contributed by atoms with van der Waals surface area (Å²) in [7, 11) is 0. The third-order valence-corrected chi connectivity index (χ3v) is 1.09. The van der Waals surface area contributed by atoms with E-state index in [1.807, 2.05) is 0 Å². The van der Waals surface area contributed by atoms with E-state index in [9.17, 15) is 4.79 Å². The predicted octanol–water partition coefficient (Wildman–Crippen LogP) is 0.0657. The fourth-order valence-electron chi connectivity index (χ4n) is 0.530. The maximum Gasteiger partial charge on any atom is 0.256 e. The first-order valence-corrected chi connectivity index (χ1v) is 2.57. The van der Waals surface area contributed by atoms with Crippen LogP contribution < -0.4 is 11.3 Å². The number of hydrogen-bond donors (Lipinski definition) is 2. The normalized spacial score (nSPS) is 9.44. The van der Waals surface area contributed by atoms with Crippen LogP contribution in [0.3, 0.4) is 0 Å². The van der Waals surface area contributed by atoms with Crippen molar-refractivity contribution < 1.29 is 0 Å². The highest BCUT2D eigenvalue weighted by Gasteiger charge is 1.90. The zero-order valence-electron chi connectivity index (χ0n) is 5.06. The van der Waals surface area contributed by atoms with Gasteiger partial charge in [0.25, 0.3) is 5.56 Å². The molecule has 0 aliphatic rings. The number of hydrogen-bond acceptors (Lipinski definition) is 2. The molecule has 1 radical (unpaired) electrons. The van der Waals surface area contributed by atoms with Gasteiger partial charge in [0.1, 0.15) is 0 Å². The number of nitrogens with two attached hydrogens (primary N) is 1. The molecule has 0 saturated heterocycles. The number of anilines is 1. The molecule has 1 aromatic heterocycles. The summed E-state index contributed by atoms with van der Waals surface area (Å²) < 4.78 is 0. The summed E-state index contributed by atoms with van der Waals surface area (Å²) in [4.78, 5) is 12.9. The van der Waals surface area contributed by atoms with E-state index in [0.29, 0.717) is 11.3 Å². The van der Waals surface area contributed by atoms with Gasteiger partial charge in [-0.25, -0.2) is 0 Å². The lowest BCUT2D eigenvalue weighted by atomic mass is 10.3. The standard InChI is InChI=1S/C6H7N2O/c1-4-2-6(9)8-3-5(4)7/h3H,7H2,1H3,(H,8,9). The quantitative estimate of drug-likeness (QED) is 0.512. The third-order valence-electron chi connectivity index (χ3n) is 1.09. The van der Waals surface area contributed by atoms with E-state index >= 15 is 0 Å². The number of rotatable bonds is 0. The van der Waals surface area contributed by atoms with Crippen molar-refractivity contribution in [2.75, 3.05) is 5.73 Å². The maximum atomic E-state index is 10.5. The number of aromatic nitrogens is 1. The van der Waals surface area contributed by atoms with Crippen LogP contribution in [0.1, 0.15) is 5.56 Å². The predicted molar refractivity (Wildman–Crippen MR) is 35.0 cm³/mol. The molecule has 47 valence electrons. The fraction of sp³-hybridized carbons (Fsp3) is 0.167. The second kappa shape index (κ2) is 1.93. The highest BCUT2D eigenvalue weighted by molar-refractivity contribution is 5.41. The molecular formula is C6H7N2O. The lowest BCUT2D eigenvalue weighted by Crippen LogP contribution is -2.06. The van der Waals surface area contributed by atoms with Crippen LogP contribution in [0.5, 0.6) is 0 Å². The highest BCUT2D eigenvalue weighted by atomic mass is 16.1. The van der Waals surface area contributed by atoms with Crippen molar-refractivity contribution >= 4 is 5.69 Å². The van der Waals surface area contributed by atoms with E-state index in [2.05, 4.69) is 11.1 Å². The average Bonchev–Trinajstić information content (AvgIpc) is 1.80. The minimum absolute atomic E-state index is 0.235. The van der Waals surface area contributed by atoms with Gasteiger partial charge in [0.15, 0.2) is 0 Å². The molecule has 1 aromatic rings. The van der Waals surface area contributed by atoms with Crippen LogP contribution in [0.25, 0.3) is 0 Å². The topological polar surface area (TPSA) is 58.9 Å². The maximum absolute atomic E-state index is 10.5. The summed E-state index contributed by atoms with van der Waals surface area (Å²) in [5.41, 5.74) is 6.41. The highest BCUT2D eigenvalue weighted by Crippen LogP contribution is 2.00. The third kappa shape index (κ3) is 1.10. The Kier molecular flexibility index (Phi) is 1.26. The molecule has 0 unspecified atom stereocenters. The monoisotopic (exact) mass is 123 g/mol. The fourth-order valence-corrected chi connectivity index (χ4v) is 0.530. The van der Waals surface area contributed by atoms with Gasteiger partial charge in [0, 0.05) is 6.20 Å². The molecule has 1 rings (SSSR count). The molecule has 0 bridgehead atoms. The van der Waals surface area contributed by atoms with E-state index in [1.165, 1.54) is 6.20 Å². The number of nitrogens with one attached hydrogen (secondary N) is 1. The Balaban J connectivity index is 3.34. The molecule has 1 heterocycles. The number of pyridine rings is 1. The minimum Gasteiger partial charge on any atom is -0.397 e. The number of nitrogen functional groups attached to an aromatic ring is 1. The molecule has 0 fully saturated rings. The summed E-state index contributed by atoms with van der Waals surface area (Å²) in [6.45, 7) is 1.74. The van der Waals surface area contributed by atoms with Crippen LogP contribution in [0.15, 0.2) is 11.0 Å². The lowest BCUT2D eigenvalue weighted by molar-refractivity contribution is 1.20.